The molecule has 2 aliphatic rings. The Kier molecular flexibility index (Phi) is 9.79. The molecule has 208 valence electrons. The number of nitrogens with zero attached hydrogens (tertiary/aromatic N) is 3. The lowest BCUT2D eigenvalue weighted by Crippen LogP contribution is -2.40. The number of hydrogen-bond acceptors (Lipinski definition) is 8. The molecule has 3 aromatic rings. The summed E-state index contributed by atoms with van der Waals surface area (Å²) in [5.41, 5.74) is 7.23. The van der Waals surface area contributed by atoms with E-state index >= 15 is 0 Å². The lowest BCUT2D eigenvalue weighted by molar-refractivity contribution is -0.130. The van der Waals surface area contributed by atoms with Crippen LogP contribution in [-0.4, -0.2) is 74.9 Å². The quantitative estimate of drug-likeness (QED) is 0.308. The number of ether oxygens (including phenoxy) is 1. The third-order valence-electron chi connectivity index (χ3n) is 6.34. The van der Waals surface area contributed by atoms with Crippen molar-refractivity contribution in [3.63, 3.8) is 0 Å². The lowest BCUT2D eigenvalue weighted by Gasteiger charge is -2.31. The molecule has 1 unspecified atom stereocenters. The Bertz CT molecular complexity index is 1380. The van der Waals surface area contributed by atoms with Crippen LogP contribution in [0.1, 0.15) is 46.2 Å². The van der Waals surface area contributed by atoms with Crippen molar-refractivity contribution in [3.05, 3.63) is 47.5 Å². The number of nitrogens with two attached hydrogens (primary N) is 1. The molecular weight excluding hydrogens is 530 g/mol. The Hall–Kier alpha value is -4.23. The molecule has 13 nitrogen and oxygen atoms in total. The van der Waals surface area contributed by atoms with Crippen molar-refractivity contribution in [3.8, 4) is 5.75 Å². The summed E-state index contributed by atoms with van der Waals surface area (Å²) in [6.07, 6.45) is 4.70. The van der Waals surface area contributed by atoms with Crippen molar-refractivity contribution in [2.75, 3.05) is 31.6 Å². The number of aromatic nitrogens is 3. The number of carboxylic acid groups (broad SMARTS) is 1. The van der Waals surface area contributed by atoms with Gasteiger partial charge in [-0.2, -0.15) is 0 Å². The van der Waals surface area contributed by atoms with Gasteiger partial charge in [-0.3, -0.25) is 14.4 Å². The number of amides is 3. The fourth-order valence-electron chi connectivity index (χ4n) is 4.32. The minimum Gasteiger partial charge on any atom is -0.482 e. The van der Waals surface area contributed by atoms with Gasteiger partial charge in [0, 0.05) is 32.8 Å². The number of likely N-dealkylation sites (tertiary alicyclic amines) is 1. The van der Waals surface area contributed by atoms with Crippen LogP contribution in [0.4, 0.5) is 5.69 Å². The standard InChI is InChI=1S/C17H13N5O5.C8H16N2O.ClH/c23-12-6-27-11-2-1-8(3-10(11)22-12)4-19-16(24)15-14-13(20-7-21-15)9(5-18-14)17(25)26;1-7(11)10-4-2-3-8(5-9)6-10;/h1-3,5,7,18H,4,6H2,(H,19,24)(H,22,23)(H,25,26);8H,2-6,9H2,1H3;1H. The number of piperidine rings is 1. The highest BCUT2D eigenvalue weighted by Gasteiger charge is 2.21. The second-order valence-corrected chi connectivity index (χ2v) is 9.01. The lowest BCUT2D eigenvalue weighted by atomic mass is 9.98. The van der Waals surface area contributed by atoms with E-state index in [1.807, 2.05) is 4.90 Å². The summed E-state index contributed by atoms with van der Waals surface area (Å²) in [5, 5.41) is 14.6. The van der Waals surface area contributed by atoms with E-state index < -0.39 is 11.9 Å². The van der Waals surface area contributed by atoms with Gasteiger partial charge in [0.15, 0.2) is 12.3 Å². The fraction of sp³-hybridized carbons (Fsp3) is 0.360. The molecule has 1 saturated heterocycles. The minimum absolute atomic E-state index is 0. The molecule has 3 amide bonds. The van der Waals surface area contributed by atoms with E-state index in [4.69, 9.17) is 15.6 Å². The number of aromatic amines is 1. The fourth-order valence-corrected chi connectivity index (χ4v) is 4.32. The van der Waals surface area contributed by atoms with Crippen LogP contribution in [0.15, 0.2) is 30.7 Å². The SMILES string of the molecule is CC(=O)N1CCCC(CN)C1.Cl.O=C1COc2ccc(CNC(=O)c3ncnc4c(C(=O)O)c[nH]c34)cc2N1. The van der Waals surface area contributed by atoms with Gasteiger partial charge in [-0.1, -0.05) is 6.07 Å². The molecular formula is C25H30ClN7O6. The Labute approximate surface area is 229 Å². The monoisotopic (exact) mass is 559 g/mol. The molecule has 5 rings (SSSR count). The first-order chi connectivity index (χ1) is 18.3. The van der Waals surface area contributed by atoms with E-state index in [0.29, 0.717) is 23.9 Å². The minimum atomic E-state index is -1.15. The molecule has 1 aromatic carbocycles. The highest BCUT2D eigenvalue weighted by molar-refractivity contribution is 6.08. The van der Waals surface area contributed by atoms with Crippen molar-refractivity contribution in [2.45, 2.75) is 26.3 Å². The number of carbonyl (C=O) groups is 4. The number of carbonyl (C=O) groups excluding carboxylic acids is 3. The summed E-state index contributed by atoms with van der Waals surface area (Å²) in [4.78, 5) is 58.5. The predicted octanol–water partition coefficient (Wildman–Crippen LogP) is 1.54. The molecule has 0 aliphatic carbocycles. The van der Waals surface area contributed by atoms with Gasteiger partial charge in [-0.25, -0.2) is 14.8 Å². The summed E-state index contributed by atoms with van der Waals surface area (Å²) in [5.74, 6) is -0.595. The highest BCUT2D eigenvalue weighted by Crippen LogP contribution is 2.28. The molecule has 1 fully saturated rings. The number of nitrogens with one attached hydrogen (secondary N) is 3. The average Bonchev–Trinajstić information content (AvgIpc) is 3.36. The van der Waals surface area contributed by atoms with Gasteiger partial charge in [-0.15, -0.1) is 12.4 Å². The first kappa shape index (κ1) is 29.3. The number of aromatic carboxylic acids is 1. The van der Waals surface area contributed by atoms with E-state index in [-0.39, 0.29) is 59.7 Å². The topological polar surface area (TPSA) is 193 Å². The van der Waals surface area contributed by atoms with Gasteiger partial charge < -0.3 is 36.1 Å². The summed E-state index contributed by atoms with van der Waals surface area (Å²) in [7, 11) is 0. The van der Waals surface area contributed by atoms with E-state index in [1.165, 1.54) is 12.6 Å². The molecule has 6 N–H and O–H groups in total. The van der Waals surface area contributed by atoms with Crippen molar-refractivity contribution in [1.29, 1.82) is 0 Å². The van der Waals surface area contributed by atoms with Gasteiger partial charge in [0.25, 0.3) is 11.8 Å². The zero-order chi connectivity index (χ0) is 27.2. The van der Waals surface area contributed by atoms with Gasteiger partial charge in [0.2, 0.25) is 5.91 Å². The maximum Gasteiger partial charge on any atom is 0.339 e. The van der Waals surface area contributed by atoms with Gasteiger partial charge in [0.05, 0.1) is 11.2 Å². The van der Waals surface area contributed by atoms with Crippen molar-refractivity contribution < 1.29 is 29.0 Å². The van der Waals surface area contributed by atoms with E-state index in [9.17, 15) is 19.2 Å². The molecule has 2 aliphatic heterocycles. The summed E-state index contributed by atoms with van der Waals surface area (Å²) in [6, 6.07) is 5.19. The Balaban J connectivity index is 0.000000297. The van der Waals surface area contributed by atoms with Crippen molar-refractivity contribution in [1.82, 2.24) is 25.2 Å². The van der Waals surface area contributed by atoms with Gasteiger partial charge >= 0.3 is 5.97 Å². The Morgan fingerprint density at radius 1 is 1.28 bits per heavy atom. The number of halogens is 1. The van der Waals surface area contributed by atoms with Crippen LogP contribution < -0.4 is 21.1 Å². The summed E-state index contributed by atoms with van der Waals surface area (Å²) >= 11 is 0. The van der Waals surface area contributed by atoms with Crippen LogP contribution in [0, 0.1) is 5.92 Å². The number of anilines is 1. The Morgan fingerprint density at radius 3 is 2.79 bits per heavy atom. The normalized spacial score (nSPS) is 16.0. The number of carboxylic acids is 1. The number of H-pyrrole nitrogens is 1. The molecule has 0 spiro atoms. The second kappa shape index (κ2) is 13.0. The highest BCUT2D eigenvalue weighted by atomic mass is 35.5. The zero-order valence-corrected chi connectivity index (χ0v) is 22.0. The van der Waals surface area contributed by atoms with E-state index in [2.05, 4.69) is 25.6 Å². The number of fused-ring (bicyclic) bond motifs is 2. The van der Waals surface area contributed by atoms with E-state index in [0.717, 1.165) is 31.4 Å². The molecule has 1 atom stereocenters. The molecule has 14 heteroatoms. The first-order valence-corrected chi connectivity index (χ1v) is 12.1. The molecule has 0 radical (unpaired) electrons. The third kappa shape index (κ3) is 7.00. The van der Waals surface area contributed by atoms with Crippen LogP contribution in [0.25, 0.3) is 11.0 Å². The number of rotatable bonds is 5. The maximum atomic E-state index is 12.5. The molecule has 39 heavy (non-hydrogen) atoms. The molecule has 0 saturated carbocycles. The van der Waals surface area contributed by atoms with E-state index in [1.54, 1.807) is 25.1 Å². The predicted molar refractivity (Wildman–Crippen MR) is 144 cm³/mol. The molecule has 2 aromatic heterocycles. The maximum absolute atomic E-state index is 12.5. The third-order valence-corrected chi connectivity index (χ3v) is 6.34. The van der Waals surface area contributed by atoms with Gasteiger partial charge in [-0.05, 0) is 43.0 Å². The second-order valence-electron chi connectivity index (χ2n) is 9.01. The van der Waals surface area contributed by atoms with Crippen molar-refractivity contribution >= 4 is 52.8 Å². The summed E-state index contributed by atoms with van der Waals surface area (Å²) in [6.45, 7) is 4.28. The Morgan fingerprint density at radius 2 is 2.08 bits per heavy atom. The van der Waals surface area contributed by atoms with Gasteiger partial charge in [0.1, 0.15) is 23.2 Å². The number of benzene rings is 1. The first-order valence-electron chi connectivity index (χ1n) is 12.1. The molecule has 0 bridgehead atoms. The summed E-state index contributed by atoms with van der Waals surface area (Å²) < 4.78 is 5.29. The van der Waals surface area contributed by atoms with Crippen LogP contribution >= 0.6 is 12.4 Å². The smallest absolute Gasteiger partial charge is 0.339 e. The zero-order valence-electron chi connectivity index (χ0n) is 21.2. The molecule has 4 heterocycles. The van der Waals surface area contributed by atoms with Crippen LogP contribution in [-0.2, 0) is 16.1 Å². The van der Waals surface area contributed by atoms with Crippen LogP contribution in [0.5, 0.6) is 5.75 Å². The average molecular weight is 560 g/mol. The van der Waals surface area contributed by atoms with Crippen LogP contribution in [0.3, 0.4) is 0 Å². The van der Waals surface area contributed by atoms with Crippen LogP contribution in [0.2, 0.25) is 0 Å². The van der Waals surface area contributed by atoms with Crippen molar-refractivity contribution in [2.24, 2.45) is 11.7 Å². The largest absolute Gasteiger partial charge is 0.482 e. The number of hydrogen-bond donors (Lipinski definition) is 5.